The SMILES string of the molecule is C/C=C/C#CNI. The summed E-state index contributed by atoms with van der Waals surface area (Å²) >= 11 is 1.97. The van der Waals surface area contributed by atoms with Crippen molar-refractivity contribution < 1.29 is 0 Å². The highest BCUT2D eigenvalue weighted by molar-refractivity contribution is 14.1. The van der Waals surface area contributed by atoms with Crippen LogP contribution in [0.4, 0.5) is 0 Å². The Balaban J connectivity index is 3.25. The minimum absolute atomic E-state index is 1.78. The van der Waals surface area contributed by atoms with Crippen molar-refractivity contribution in [1.29, 1.82) is 0 Å². The number of allylic oxidation sites excluding steroid dienone is 2. The second-order valence-corrected chi connectivity index (χ2v) is 1.40. The van der Waals surface area contributed by atoms with Crippen molar-refractivity contribution in [3.05, 3.63) is 12.2 Å². The molecule has 1 N–H and O–H groups in total. The predicted molar refractivity (Wildman–Crippen MR) is 39.7 cm³/mol. The van der Waals surface area contributed by atoms with Crippen molar-refractivity contribution in [3.8, 4) is 12.0 Å². The zero-order valence-corrected chi connectivity index (χ0v) is 6.19. The Kier molecular flexibility index (Phi) is 5.69. The Hall–Kier alpha value is -0.170. The molecule has 0 aliphatic heterocycles. The molecule has 0 bridgehead atoms. The van der Waals surface area contributed by atoms with Gasteiger partial charge in [0.15, 0.2) is 0 Å². The quantitative estimate of drug-likeness (QED) is 0.274. The highest BCUT2D eigenvalue weighted by Crippen LogP contribution is 1.65. The minimum Gasteiger partial charge on any atom is -0.287 e. The van der Waals surface area contributed by atoms with Crippen LogP contribution in [-0.4, -0.2) is 0 Å². The van der Waals surface area contributed by atoms with Gasteiger partial charge in [-0.15, -0.1) is 0 Å². The Morgan fingerprint density at radius 2 is 2.43 bits per heavy atom. The van der Waals surface area contributed by atoms with Crippen molar-refractivity contribution in [2.75, 3.05) is 0 Å². The fraction of sp³-hybridized carbons (Fsp3) is 0.200. The van der Waals surface area contributed by atoms with E-state index in [1.54, 1.807) is 6.08 Å². The van der Waals surface area contributed by atoms with Gasteiger partial charge in [-0.25, -0.2) is 0 Å². The largest absolute Gasteiger partial charge is 0.287 e. The third kappa shape index (κ3) is 5.83. The summed E-state index contributed by atoms with van der Waals surface area (Å²) in [4.78, 5) is 0. The molecule has 38 valence electrons. The van der Waals surface area contributed by atoms with Crippen LogP contribution in [0.2, 0.25) is 0 Å². The van der Waals surface area contributed by atoms with Gasteiger partial charge in [0.25, 0.3) is 0 Å². The molecule has 0 saturated carbocycles. The molecule has 0 unspecified atom stereocenters. The number of halogens is 1. The summed E-state index contributed by atoms with van der Waals surface area (Å²) in [6.07, 6.45) is 3.67. The standard InChI is InChI=1S/C5H6IN/c1-2-3-4-5-7-6/h2-3,7H,1H3/b3-2+. The number of nitrogens with one attached hydrogen (secondary N) is 1. The molecule has 0 aliphatic carbocycles. The van der Waals surface area contributed by atoms with E-state index in [0.717, 1.165) is 0 Å². The average molecular weight is 207 g/mol. The van der Waals surface area contributed by atoms with Crippen LogP contribution in [-0.2, 0) is 0 Å². The fourth-order valence-corrected chi connectivity index (χ4v) is 0.308. The second kappa shape index (κ2) is 5.83. The van der Waals surface area contributed by atoms with Gasteiger partial charge >= 0.3 is 0 Å². The van der Waals surface area contributed by atoms with Gasteiger partial charge < -0.3 is 0 Å². The van der Waals surface area contributed by atoms with Crippen LogP contribution in [0, 0.1) is 12.0 Å². The van der Waals surface area contributed by atoms with Crippen LogP contribution >= 0.6 is 22.9 Å². The molecule has 0 aromatic carbocycles. The number of hydrogen-bond acceptors (Lipinski definition) is 1. The van der Waals surface area contributed by atoms with Crippen molar-refractivity contribution in [3.63, 3.8) is 0 Å². The summed E-state index contributed by atoms with van der Waals surface area (Å²) in [5.74, 6) is 2.74. The van der Waals surface area contributed by atoms with E-state index in [4.69, 9.17) is 0 Å². The molecule has 0 saturated heterocycles. The molecule has 1 nitrogen and oxygen atoms in total. The summed E-state index contributed by atoms with van der Waals surface area (Å²) in [6, 6.07) is 2.65. The van der Waals surface area contributed by atoms with Gasteiger partial charge in [-0.05, 0) is 13.0 Å². The molecular formula is C5H6IN. The van der Waals surface area contributed by atoms with E-state index >= 15 is 0 Å². The normalized spacial score (nSPS) is 7.71. The van der Waals surface area contributed by atoms with Gasteiger partial charge in [-0.1, -0.05) is 12.0 Å². The van der Waals surface area contributed by atoms with E-state index in [2.05, 4.69) is 15.5 Å². The van der Waals surface area contributed by atoms with Crippen molar-refractivity contribution in [2.24, 2.45) is 0 Å². The first-order chi connectivity index (χ1) is 3.41. The summed E-state index contributed by atoms with van der Waals surface area (Å²) in [5, 5.41) is 0. The third-order valence-corrected chi connectivity index (χ3v) is 0.639. The topological polar surface area (TPSA) is 12.0 Å². The number of hydrogen-bond donors (Lipinski definition) is 1. The maximum absolute atomic E-state index is 2.74. The summed E-state index contributed by atoms with van der Waals surface area (Å²) in [7, 11) is 0. The Morgan fingerprint density at radius 1 is 1.71 bits per heavy atom. The average Bonchev–Trinajstić information content (AvgIpc) is 1.69. The lowest BCUT2D eigenvalue weighted by Gasteiger charge is -1.67. The maximum Gasteiger partial charge on any atom is 0.0645 e. The van der Waals surface area contributed by atoms with Gasteiger partial charge in [0.2, 0.25) is 0 Å². The van der Waals surface area contributed by atoms with Gasteiger partial charge in [0.05, 0.1) is 22.9 Å². The van der Waals surface area contributed by atoms with Crippen molar-refractivity contribution in [1.82, 2.24) is 3.53 Å². The van der Waals surface area contributed by atoms with Crippen LogP contribution in [0.15, 0.2) is 12.2 Å². The molecule has 0 amide bonds. The van der Waals surface area contributed by atoms with Gasteiger partial charge in [-0.2, -0.15) is 0 Å². The van der Waals surface area contributed by atoms with Gasteiger partial charge in [0.1, 0.15) is 0 Å². The maximum atomic E-state index is 2.74. The summed E-state index contributed by atoms with van der Waals surface area (Å²) < 4.78 is 2.66. The molecule has 0 radical (unpaired) electrons. The van der Waals surface area contributed by atoms with Crippen molar-refractivity contribution in [2.45, 2.75) is 6.92 Å². The van der Waals surface area contributed by atoms with Crippen molar-refractivity contribution >= 4 is 22.9 Å². The van der Waals surface area contributed by atoms with E-state index < -0.39 is 0 Å². The molecule has 2 heteroatoms. The van der Waals surface area contributed by atoms with Gasteiger partial charge in [0, 0.05) is 6.04 Å². The van der Waals surface area contributed by atoms with Crippen LogP contribution in [0.25, 0.3) is 0 Å². The van der Waals surface area contributed by atoms with Gasteiger partial charge in [-0.3, -0.25) is 3.53 Å². The second-order valence-electron chi connectivity index (χ2n) is 0.864. The first-order valence-electron chi connectivity index (χ1n) is 1.89. The zero-order chi connectivity index (χ0) is 5.54. The first kappa shape index (κ1) is 6.83. The molecule has 7 heavy (non-hydrogen) atoms. The van der Waals surface area contributed by atoms with E-state index in [1.165, 1.54) is 0 Å². The molecule has 0 aliphatic rings. The zero-order valence-electron chi connectivity index (χ0n) is 4.03. The summed E-state index contributed by atoms with van der Waals surface area (Å²) in [6.45, 7) is 1.93. The van der Waals surface area contributed by atoms with Crippen LogP contribution < -0.4 is 3.53 Å². The molecule has 0 aromatic rings. The minimum atomic E-state index is 1.78. The molecule has 0 atom stereocenters. The fourth-order valence-electron chi connectivity index (χ4n) is 0.152. The predicted octanol–water partition coefficient (Wildman–Crippen LogP) is 1.46. The summed E-state index contributed by atoms with van der Waals surface area (Å²) in [5.41, 5.74) is 0. The molecule has 0 heterocycles. The lowest BCUT2D eigenvalue weighted by molar-refractivity contribution is 1.61. The smallest absolute Gasteiger partial charge is 0.0645 e. The van der Waals surface area contributed by atoms with E-state index in [0.29, 0.717) is 0 Å². The lowest BCUT2D eigenvalue weighted by atomic mass is 10.5. The highest BCUT2D eigenvalue weighted by atomic mass is 127. The molecule has 0 rings (SSSR count). The van der Waals surface area contributed by atoms with E-state index in [9.17, 15) is 0 Å². The van der Waals surface area contributed by atoms with E-state index in [-0.39, 0.29) is 0 Å². The third-order valence-electron chi connectivity index (χ3n) is 0.369. The lowest BCUT2D eigenvalue weighted by Crippen LogP contribution is -1.77. The Labute approximate surface area is 57.7 Å². The van der Waals surface area contributed by atoms with E-state index in [1.807, 2.05) is 35.9 Å². The molecule has 0 aromatic heterocycles. The van der Waals surface area contributed by atoms with Crippen LogP contribution in [0.5, 0.6) is 0 Å². The molecule has 0 spiro atoms. The highest BCUT2D eigenvalue weighted by Gasteiger charge is 1.52. The molecule has 0 fully saturated rings. The molecular weight excluding hydrogens is 201 g/mol. The Morgan fingerprint density at radius 3 is 2.86 bits per heavy atom. The number of rotatable bonds is 0. The van der Waals surface area contributed by atoms with Crippen LogP contribution in [0.1, 0.15) is 6.92 Å². The first-order valence-corrected chi connectivity index (χ1v) is 2.97. The Bertz CT molecular complexity index is 107. The monoisotopic (exact) mass is 207 g/mol. The van der Waals surface area contributed by atoms with Crippen LogP contribution in [0.3, 0.4) is 0 Å².